The summed E-state index contributed by atoms with van der Waals surface area (Å²) in [5.74, 6) is -0.667. The van der Waals surface area contributed by atoms with Crippen LogP contribution in [0, 0.1) is 0 Å². The molecule has 0 spiro atoms. The Morgan fingerprint density at radius 2 is 1.03 bits per heavy atom. The molecule has 8 atom stereocenters. The molecule has 7 N–H and O–H groups in total. The molecule has 14 heteroatoms. The van der Waals surface area contributed by atoms with E-state index in [0.717, 1.165) is 51.4 Å². The summed E-state index contributed by atoms with van der Waals surface area (Å²) in [6, 6.07) is -1.03. The number of amides is 1. The Balaban J connectivity index is 2.43. The third-order valence-corrected chi connectivity index (χ3v) is 13.8. The monoisotopic (exact) mass is 990 g/mol. The lowest BCUT2D eigenvalue weighted by Gasteiger charge is -2.41. The van der Waals surface area contributed by atoms with E-state index in [9.17, 15) is 43.3 Å². The summed E-state index contributed by atoms with van der Waals surface area (Å²) < 4.78 is 47.8. The molecule has 402 valence electrons. The van der Waals surface area contributed by atoms with Gasteiger partial charge < -0.3 is 40.3 Å². The van der Waals surface area contributed by atoms with E-state index in [4.69, 9.17) is 9.47 Å². The topological polar surface area (TPSA) is 212 Å². The van der Waals surface area contributed by atoms with Gasteiger partial charge in [-0.15, -0.1) is 0 Å². The summed E-state index contributed by atoms with van der Waals surface area (Å²) in [5, 5.41) is 55.7. The number of nitrogens with one attached hydrogen (secondary N) is 1. The van der Waals surface area contributed by atoms with E-state index in [1.807, 2.05) is 0 Å². The van der Waals surface area contributed by atoms with Crippen LogP contribution in [-0.4, -0.2) is 107 Å². The van der Waals surface area contributed by atoms with Gasteiger partial charge in [-0.25, -0.2) is 4.18 Å². The quantitative estimate of drug-likeness (QED) is 0.0172. The lowest BCUT2D eigenvalue weighted by molar-refractivity contribution is -0.298. The largest absolute Gasteiger partial charge is 0.397 e. The molecule has 1 fully saturated rings. The molecule has 68 heavy (non-hydrogen) atoms. The maximum absolute atomic E-state index is 13.2. The van der Waals surface area contributed by atoms with Crippen molar-refractivity contribution in [3.8, 4) is 0 Å². The minimum absolute atomic E-state index is 0.260. The van der Waals surface area contributed by atoms with Crippen molar-refractivity contribution in [1.29, 1.82) is 0 Å². The number of aliphatic hydroxyl groups is 5. The summed E-state index contributed by atoms with van der Waals surface area (Å²) in [6.07, 6.45) is 40.7. The predicted molar refractivity (Wildman–Crippen MR) is 275 cm³/mol. The number of allylic oxidation sites excluding steroid dienone is 4. The van der Waals surface area contributed by atoms with Crippen LogP contribution >= 0.6 is 0 Å². The second-order valence-electron chi connectivity index (χ2n) is 19.6. The Hall–Kier alpha value is -1.46. The van der Waals surface area contributed by atoms with Gasteiger partial charge in [0.25, 0.3) is 0 Å². The summed E-state index contributed by atoms with van der Waals surface area (Å²) in [6.45, 7) is 3.22. The molecular formula is C54H103NO12S. The molecule has 1 saturated heterocycles. The van der Waals surface area contributed by atoms with Crippen molar-refractivity contribution in [1.82, 2.24) is 5.32 Å². The molecule has 1 rings (SSSR count). The van der Waals surface area contributed by atoms with E-state index < -0.39 is 78.5 Å². The van der Waals surface area contributed by atoms with Gasteiger partial charge in [0.1, 0.15) is 30.5 Å². The summed E-state index contributed by atoms with van der Waals surface area (Å²) >= 11 is 0. The molecule has 8 unspecified atom stereocenters. The second kappa shape index (κ2) is 44.3. The van der Waals surface area contributed by atoms with E-state index in [1.54, 1.807) is 0 Å². The molecule has 0 bridgehead atoms. The number of rotatable bonds is 48. The summed E-state index contributed by atoms with van der Waals surface area (Å²) in [4.78, 5) is 13.2. The van der Waals surface area contributed by atoms with Gasteiger partial charge >= 0.3 is 10.4 Å². The molecule has 0 aliphatic carbocycles. The van der Waals surface area contributed by atoms with Gasteiger partial charge in [-0.05, 0) is 38.5 Å². The molecule has 0 aromatic carbocycles. The zero-order valence-electron chi connectivity index (χ0n) is 43.0. The summed E-state index contributed by atoms with van der Waals surface area (Å²) in [5.41, 5.74) is 0. The number of hydrogen-bond acceptors (Lipinski definition) is 11. The van der Waals surface area contributed by atoms with Crippen molar-refractivity contribution in [2.75, 3.05) is 13.2 Å². The van der Waals surface area contributed by atoms with Gasteiger partial charge in [0.05, 0.1) is 25.4 Å². The van der Waals surface area contributed by atoms with Crippen molar-refractivity contribution >= 4 is 16.3 Å². The second-order valence-corrected chi connectivity index (χ2v) is 20.7. The molecule has 1 amide bonds. The minimum atomic E-state index is -5.11. The fourth-order valence-corrected chi connectivity index (χ4v) is 9.54. The Bertz CT molecular complexity index is 1320. The number of carbonyl (C=O) groups excluding carboxylic acids is 1. The lowest BCUT2D eigenvalue weighted by Crippen LogP contribution is -2.61. The van der Waals surface area contributed by atoms with Gasteiger partial charge in [-0.2, -0.15) is 8.42 Å². The maximum atomic E-state index is 13.2. The molecule has 0 aromatic rings. The first kappa shape index (κ1) is 64.6. The average Bonchev–Trinajstić information content (AvgIpc) is 3.31. The molecule has 13 nitrogen and oxygen atoms in total. The number of hydrogen-bond donors (Lipinski definition) is 7. The van der Waals surface area contributed by atoms with E-state index >= 15 is 0 Å². The normalized spacial score (nSPS) is 20.4. The van der Waals surface area contributed by atoms with Gasteiger partial charge in [0.2, 0.25) is 5.91 Å². The molecular weight excluding hydrogens is 887 g/mol. The molecule has 0 radical (unpaired) electrons. The summed E-state index contributed by atoms with van der Waals surface area (Å²) in [7, 11) is -5.11. The van der Waals surface area contributed by atoms with E-state index in [2.05, 4.69) is 47.7 Å². The lowest BCUT2D eigenvalue weighted by atomic mass is 9.99. The highest BCUT2D eigenvalue weighted by atomic mass is 32.3. The van der Waals surface area contributed by atoms with Crippen LogP contribution < -0.4 is 5.32 Å². The van der Waals surface area contributed by atoms with Crippen LogP contribution in [-0.2, 0) is 28.9 Å². The zero-order valence-corrected chi connectivity index (χ0v) is 43.9. The number of ether oxygens (including phenoxy) is 2. The van der Waals surface area contributed by atoms with Gasteiger partial charge in [0.15, 0.2) is 6.29 Å². The molecule has 1 aliphatic heterocycles. The third kappa shape index (κ3) is 35.6. The molecule has 0 saturated carbocycles. The van der Waals surface area contributed by atoms with E-state index in [1.165, 1.54) is 161 Å². The smallest absolute Gasteiger partial charge is 0.394 e. The van der Waals surface area contributed by atoms with Crippen LogP contribution in [0.2, 0.25) is 0 Å². The van der Waals surface area contributed by atoms with Crippen molar-refractivity contribution < 1.29 is 57.0 Å². The van der Waals surface area contributed by atoms with Crippen molar-refractivity contribution in [3.05, 3.63) is 24.3 Å². The van der Waals surface area contributed by atoms with Crippen LogP contribution in [0.15, 0.2) is 24.3 Å². The first-order valence-electron chi connectivity index (χ1n) is 27.8. The highest BCUT2D eigenvalue weighted by Crippen LogP contribution is 2.26. The molecule has 1 heterocycles. The zero-order chi connectivity index (χ0) is 49.9. The third-order valence-electron chi connectivity index (χ3n) is 13.4. The van der Waals surface area contributed by atoms with Crippen molar-refractivity contribution in [2.24, 2.45) is 0 Å². The number of aliphatic hydroxyl groups excluding tert-OH is 5. The Labute approximate surface area is 415 Å². The van der Waals surface area contributed by atoms with Gasteiger partial charge in [-0.1, -0.05) is 237 Å². The maximum Gasteiger partial charge on any atom is 0.397 e. The Morgan fingerprint density at radius 1 is 0.603 bits per heavy atom. The van der Waals surface area contributed by atoms with Gasteiger partial charge in [0, 0.05) is 0 Å². The molecule has 0 aromatic heterocycles. The SMILES string of the molecule is CC/C=C\C/C=C\CCCCCCCCCCCCCCCC(O)C(=O)NC(COC1OC(CO)C(O)C(OS(=O)(=O)O)C1O)C(O)CCCCCCCCCCCCCCCCCCCCC. The Morgan fingerprint density at radius 3 is 1.47 bits per heavy atom. The van der Waals surface area contributed by atoms with Gasteiger partial charge in [-0.3, -0.25) is 9.35 Å². The van der Waals surface area contributed by atoms with Crippen molar-refractivity contribution in [3.63, 3.8) is 0 Å². The number of carbonyl (C=O) groups is 1. The van der Waals surface area contributed by atoms with E-state index in [0.29, 0.717) is 19.3 Å². The molecule has 1 aliphatic rings. The first-order valence-corrected chi connectivity index (χ1v) is 29.2. The average molecular weight is 990 g/mol. The highest BCUT2D eigenvalue weighted by Gasteiger charge is 2.48. The highest BCUT2D eigenvalue weighted by molar-refractivity contribution is 7.80. The standard InChI is InChI=1S/C54H103NO12S/c1-3-5-7-9-11-13-15-17-19-21-23-25-27-29-31-33-35-37-39-41-43-48(58)53(61)55-46(45-65-54-51(60)52(67-68(62,63)64)50(59)49(44-56)66-54)47(57)42-40-38-36-34-32-30-28-26-24-22-20-18-16-14-12-10-8-6-4-2/h5,7,11,13,46-52,54,56-60H,3-4,6,8-10,12,14-45H2,1-2H3,(H,55,61)(H,62,63,64)/b7-5-,13-11-. The van der Waals surface area contributed by atoms with Crippen LogP contribution in [0.4, 0.5) is 0 Å². The first-order chi connectivity index (χ1) is 32.9. The van der Waals surface area contributed by atoms with Crippen molar-refractivity contribution in [2.45, 2.75) is 300 Å². The fourth-order valence-electron chi connectivity index (χ4n) is 9.04. The Kier molecular flexibility index (Phi) is 42.0. The van der Waals surface area contributed by atoms with Crippen LogP contribution in [0.1, 0.15) is 251 Å². The minimum Gasteiger partial charge on any atom is -0.394 e. The van der Waals surface area contributed by atoms with E-state index in [-0.39, 0.29) is 6.42 Å². The number of unbranched alkanes of at least 4 members (excludes halogenated alkanes) is 31. The van der Waals surface area contributed by atoms with Crippen LogP contribution in [0.25, 0.3) is 0 Å². The van der Waals surface area contributed by atoms with Crippen LogP contribution in [0.3, 0.4) is 0 Å². The van der Waals surface area contributed by atoms with Crippen LogP contribution in [0.5, 0.6) is 0 Å². The fraction of sp³-hybridized carbons (Fsp3) is 0.907. The predicted octanol–water partition coefficient (Wildman–Crippen LogP) is 11.4.